The van der Waals surface area contributed by atoms with Crippen LogP contribution >= 0.6 is 42.6 Å². The lowest BCUT2D eigenvalue weighted by molar-refractivity contribution is 0.0378. The van der Waals surface area contributed by atoms with Crippen LogP contribution in [-0.4, -0.2) is 44.4 Å². The molecule has 1 aromatic heterocycles. The maximum atomic E-state index is 13.4. The van der Waals surface area contributed by atoms with E-state index in [2.05, 4.69) is 9.97 Å². The summed E-state index contributed by atoms with van der Waals surface area (Å²) >= 11 is 13.5. The van der Waals surface area contributed by atoms with E-state index in [9.17, 15) is 9.36 Å². The maximum absolute atomic E-state index is 13.4. The first-order valence-corrected chi connectivity index (χ1v) is 13.0. The van der Waals surface area contributed by atoms with Gasteiger partial charge in [0.1, 0.15) is 0 Å². The lowest BCUT2D eigenvalue weighted by atomic mass is 10.2. The first-order chi connectivity index (χ1) is 16.7. The zero-order valence-corrected chi connectivity index (χ0v) is 22.3. The van der Waals surface area contributed by atoms with Gasteiger partial charge in [-0.3, -0.25) is 4.57 Å². The molecule has 3 rings (SSSR count). The third-order valence-corrected chi connectivity index (χ3v) is 8.08. The Kier molecular flexibility index (Phi) is 9.40. The Morgan fingerprint density at radius 3 is 2.14 bits per heavy atom. The van der Waals surface area contributed by atoms with Gasteiger partial charge < -0.3 is 23.3 Å². The first-order valence-electron chi connectivity index (χ1n) is 9.85. The molecule has 9 nitrogen and oxygen atoms in total. The Bertz CT molecular complexity index is 1230. The molecule has 0 saturated carbocycles. The molecule has 0 spiro atoms. The Balaban J connectivity index is 2.02. The summed E-state index contributed by atoms with van der Waals surface area (Å²) in [5.41, 5.74) is 0.329. The molecule has 1 atom stereocenters. The molecule has 13 heteroatoms. The predicted octanol–water partition coefficient (Wildman–Crippen LogP) is 6.29. The number of methoxy groups -OCH3 is 2. The lowest BCUT2D eigenvalue weighted by Gasteiger charge is -2.25. The van der Waals surface area contributed by atoms with Gasteiger partial charge in [-0.1, -0.05) is 41.4 Å². The maximum Gasteiger partial charge on any atom is 0.375 e. The fourth-order valence-electron chi connectivity index (χ4n) is 2.93. The molecule has 0 aliphatic heterocycles. The van der Waals surface area contributed by atoms with Gasteiger partial charge in [0.25, 0.3) is 0 Å². The van der Waals surface area contributed by atoms with E-state index < -0.39 is 19.4 Å². The molecule has 0 fully saturated rings. The van der Waals surface area contributed by atoms with E-state index >= 15 is 0 Å². The fraction of sp³-hybridized carbons (Fsp3) is 0.227. The van der Waals surface area contributed by atoms with Crippen molar-refractivity contribution < 1.29 is 32.6 Å². The van der Waals surface area contributed by atoms with E-state index in [0.717, 1.165) is 11.8 Å². The largest absolute Gasteiger partial charge is 0.481 e. The van der Waals surface area contributed by atoms with E-state index in [0.29, 0.717) is 15.5 Å². The SMILES string of the molecule is COc1cc(OC)nc(Sc2cccc(Cl)c2C(=O)OC(c2cccc(Cl)c2)P(=O)(OC)OC)n1. The van der Waals surface area contributed by atoms with Crippen LogP contribution in [0.25, 0.3) is 0 Å². The Morgan fingerprint density at radius 2 is 1.57 bits per heavy atom. The van der Waals surface area contributed by atoms with Crippen LogP contribution in [0.15, 0.2) is 58.6 Å². The van der Waals surface area contributed by atoms with Crippen LogP contribution in [0, 0.1) is 0 Å². The van der Waals surface area contributed by atoms with Crippen molar-refractivity contribution in [2.75, 3.05) is 28.4 Å². The van der Waals surface area contributed by atoms with Crippen molar-refractivity contribution in [3.8, 4) is 11.8 Å². The molecule has 0 aliphatic carbocycles. The highest BCUT2D eigenvalue weighted by atomic mass is 35.5. The van der Waals surface area contributed by atoms with E-state index in [1.165, 1.54) is 46.6 Å². The third kappa shape index (κ3) is 6.46. The summed E-state index contributed by atoms with van der Waals surface area (Å²) in [6.45, 7) is 0. The third-order valence-electron chi connectivity index (χ3n) is 4.61. The molecule has 186 valence electrons. The Labute approximate surface area is 216 Å². The molecule has 0 N–H and O–H groups in total. The van der Waals surface area contributed by atoms with Gasteiger partial charge in [0.05, 0.1) is 30.9 Å². The quantitative estimate of drug-likeness (QED) is 0.160. The summed E-state index contributed by atoms with van der Waals surface area (Å²) in [6, 6.07) is 12.7. The van der Waals surface area contributed by atoms with Crippen LogP contribution in [-0.2, 0) is 18.3 Å². The van der Waals surface area contributed by atoms with Crippen molar-refractivity contribution >= 4 is 48.5 Å². The van der Waals surface area contributed by atoms with Crippen molar-refractivity contribution in [1.29, 1.82) is 0 Å². The van der Waals surface area contributed by atoms with E-state index in [1.807, 2.05) is 0 Å². The number of aromatic nitrogens is 2. The van der Waals surface area contributed by atoms with E-state index in [4.69, 9.17) is 46.5 Å². The first kappa shape index (κ1) is 27.3. The van der Waals surface area contributed by atoms with Crippen LogP contribution in [0.5, 0.6) is 11.8 Å². The number of rotatable bonds is 10. The standard InChI is InChI=1S/C22H21Cl2N2O7PS/c1-29-17-12-18(30-2)26-22(25-17)35-16-10-6-9-15(24)19(16)20(27)33-21(34(28,31-3)32-4)13-7-5-8-14(23)11-13/h5-12,21H,1-4H3. The summed E-state index contributed by atoms with van der Waals surface area (Å²) in [5.74, 6) is -1.74. The number of carbonyl (C=O) groups excluding carboxylic acids is 1. The number of nitrogens with zero attached hydrogens (tertiary/aromatic N) is 2. The smallest absolute Gasteiger partial charge is 0.375 e. The van der Waals surface area contributed by atoms with Crippen LogP contribution in [0.4, 0.5) is 0 Å². The predicted molar refractivity (Wildman–Crippen MR) is 132 cm³/mol. The molecule has 2 aromatic carbocycles. The molecule has 35 heavy (non-hydrogen) atoms. The monoisotopic (exact) mass is 558 g/mol. The van der Waals surface area contributed by atoms with Gasteiger partial charge in [0.15, 0.2) is 5.16 Å². The fourth-order valence-corrected chi connectivity index (χ4v) is 5.62. The molecule has 1 heterocycles. The van der Waals surface area contributed by atoms with Crippen LogP contribution in [0.3, 0.4) is 0 Å². The molecule has 0 aliphatic rings. The summed E-state index contributed by atoms with van der Waals surface area (Å²) in [4.78, 5) is 22.3. The molecule has 0 saturated heterocycles. The van der Waals surface area contributed by atoms with Crippen LogP contribution in [0.1, 0.15) is 21.8 Å². The highest BCUT2D eigenvalue weighted by Crippen LogP contribution is 2.61. The summed E-state index contributed by atoms with van der Waals surface area (Å²) < 4.78 is 39.5. The summed E-state index contributed by atoms with van der Waals surface area (Å²) in [5, 5.41) is 0.688. The molecular weight excluding hydrogens is 538 g/mol. The zero-order valence-electron chi connectivity index (χ0n) is 19.1. The van der Waals surface area contributed by atoms with Crippen molar-refractivity contribution in [3.05, 3.63) is 69.7 Å². The van der Waals surface area contributed by atoms with E-state index in [-0.39, 0.29) is 27.5 Å². The van der Waals surface area contributed by atoms with Crippen molar-refractivity contribution in [1.82, 2.24) is 9.97 Å². The van der Waals surface area contributed by atoms with Crippen LogP contribution in [0.2, 0.25) is 10.0 Å². The second-order valence-corrected chi connectivity index (χ2v) is 10.8. The van der Waals surface area contributed by atoms with Gasteiger partial charge in [0.2, 0.25) is 17.6 Å². The van der Waals surface area contributed by atoms with Crippen molar-refractivity contribution in [2.45, 2.75) is 15.9 Å². The van der Waals surface area contributed by atoms with E-state index in [1.54, 1.807) is 30.3 Å². The molecule has 1 unspecified atom stereocenters. The second-order valence-electron chi connectivity index (χ2n) is 6.67. The average Bonchev–Trinajstić information content (AvgIpc) is 2.86. The van der Waals surface area contributed by atoms with Crippen molar-refractivity contribution in [2.24, 2.45) is 0 Å². The minimum atomic E-state index is -3.93. The van der Waals surface area contributed by atoms with Gasteiger partial charge in [-0.05, 0) is 36.0 Å². The number of halogens is 2. The Hall–Kier alpha value is -2.33. The number of benzene rings is 2. The van der Waals surface area contributed by atoms with Gasteiger partial charge in [-0.2, -0.15) is 9.97 Å². The molecule has 0 radical (unpaired) electrons. The number of hydrogen-bond acceptors (Lipinski definition) is 10. The number of hydrogen-bond donors (Lipinski definition) is 0. The highest BCUT2D eigenvalue weighted by molar-refractivity contribution is 7.99. The van der Waals surface area contributed by atoms with Gasteiger partial charge in [-0.15, -0.1) is 0 Å². The van der Waals surface area contributed by atoms with Gasteiger partial charge in [0, 0.05) is 29.7 Å². The molecule has 0 amide bonds. The molecule has 3 aromatic rings. The van der Waals surface area contributed by atoms with Gasteiger partial charge in [-0.25, -0.2) is 4.79 Å². The number of carbonyl (C=O) groups is 1. The normalized spacial score (nSPS) is 12.2. The second kappa shape index (κ2) is 12.1. The molecule has 0 bridgehead atoms. The minimum absolute atomic E-state index is 0.00957. The number of ether oxygens (including phenoxy) is 3. The van der Waals surface area contributed by atoms with Gasteiger partial charge >= 0.3 is 13.6 Å². The summed E-state index contributed by atoms with van der Waals surface area (Å²) in [6.07, 6.45) is 0. The topological polar surface area (TPSA) is 106 Å². The summed E-state index contributed by atoms with van der Waals surface area (Å²) in [7, 11) is 1.37. The zero-order chi connectivity index (χ0) is 25.6. The molecular formula is C22H21Cl2N2O7PS. The minimum Gasteiger partial charge on any atom is -0.481 e. The Morgan fingerprint density at radius 1 is 0.943 bits per heavy atom. The average molecular weight is 559 g/mol. The lowest BCUT2D eigenvalue weighted by Crippen LogP contribution is -2.15. The van der Waals surface area contributed by atoms with Crippen LogP contribution < -0.4 is 9.47 Å². The highest BCUT2D eigenvalue weighted by Gasteiger charge is 2.40. The van der Waals surface area contributed by atoms with Crippen molar-refractivity contribution in [3.63, 3.8) is 0 Å². The number of esters is 1.